The van der Waals surface area contributed by atoms with Gasteiger partial charge in [-0.05, 0) is 37.9 Å². The van der Waals surface area contributed by atoms with Crippen molar-refractivity contribution in [2.75, 3.05) is 19.6 Å². The third-order valence-corrected chi connectivity index (χ3v) is 6.44. The molecule has 30 heavy (non-hydrogen) atoms. The molecule has 2 aromatic heterocycles. The lowest BCUT2D eigenvalue weighted by molar-refractivity contribution is 0.0884. The predicted octanol–water partition coefficient (Wildman–Crippen LogP) is 4.51. The summed E-state index contributed by atoms with van der Waals surface area (Å²) in [5, 5.41) is 4.87. The third kappa shape index (κ3) is 5.02. The molecule has 0 saturated carbocycles. The number of nitrogens with one attached hydrogen (secondary N) is 1. The Hall–Kier alpha value is -2.38. The highest BCUT2D eigenvalue weighted by Gasteiger charge is 2.25. The number of benzene rings is 1. The van der Waals surface area contributed by atoms with Crippen molar-refractivity contribution >= 4 is 28.6 Å². The van der Waals surface area contributed by atoms with Crippen LogP contribution in [-0.2, 0) is 5.75 Å². The van der Waals surface area contributed by atoms with E-state index >= 15 is 0 Å². The van der Waals surface area contributed by atoms with Crippen LogP contribution in [0.3, 0.4) is 0 Å². The van der Waals surface area contributed by atoms with Crippen molar-refractivity contribution in [1.29, 1.82) is 0 Å². The van der Waals surface area contributed by atoms with Crippen molar-refractivity contribution in [2.45, 2.75) is 49.6 Å². The van der Waals surface area contributed by atoms with Crippen molar-refractivity contribution < 1.29 is 9.21 Å². The highest BCUT2D eigenvalue weighted by atomic mass is 32.2. The van der Waals surface area contributed by atoms with Gasteiger partial charge in [-0.25, -0.2) is 9.97 Å². The third-order valence-electron chi connectivity index (χ3n) is 5.54. The number of hydrogen-bond donors (Lipinski definition) is 1. The molecule has 0 radical (unpaired) electrons. The second-order valence-electron chi connectivity index (χ2n) is 7.67. The maximum Gasteiger partial charge on any atom is 0.287 e. The van der Waals surface area contributed by atoms with Crippen molar-refractivity contribution in [3.8, 4) is 0 Å². The van der Waals surface area contributed by atoms with E-state index < -0.39 is 0 Å². The van der Waals surface area contributed by atoms with Gasteiger partial charge in [0.05, 0.1) is 0 Å². The number of nitrogens with zero attached hydrogens (tertiary/aromatic N) is 3. The maximum atomic E-state index is 13.1. The number of hydrogen-bond acceptors (Lipinski definition) is 6. The summed E-state index contributed by atoms with van der Waals surface area (Å²) in [6.45, 7) is 5.46. The number of amides is 1. The summed E-state index contributed by atoms with van der Waals surface area (Å²) in [5.41, 5.74) is 1.64. The molecule has 0 atom stereocenters. The zero-order valence-electron chi connectivity index (χ0n) is 17.3. The van der Waals surface area contributed by atoms with E-state index in [1.807, 2.05) is 24.3 Å². The zero-order chi connectivity index (χ0) is 20.8. The van der Waals surface area contributed by atoms with Crippen molar-refractivity contribution in [3.63, 3.8) is 0 Å². The summed E-state index contributed by atoms with van der Waals surface area (Å²) >= 11 is 1.51. The highest BCUT2D eigenvalue weighted by molar-refractivity contribution is 7.98. The molecule has 0 unspecified atom stereocenters. The van der Waals surface area contributed by atoms with Crippen molar-refractivity contribution in [3.05, 3.63) is 54.0 Å². The molecule has 1 saturated heterocycles. The first-order valence-corrected chi connectivity index (χ1v) is 11.7. The van der Waals surface area contributed by atoms with E-state index in [9.17, 15) is 4.79 Å². The van der Waals surface area contributed by atoms with Gasteiger partial charge < -0.3 is 14.6 Å². The van der Waals surface area contributed by atoms with Gasteiger partial charge in [0, 0.05) is 48.2 Å². The Balaban J connectivity index is 1.45. The highest BCUT2D eigenvalue weighted by Crippen LogP contribution is 2.31. The van der Waals surface area contributed by atoms with E-state index in [-0.39, 0.29) is 11.9 Å². The summed E-state index contributed by atoms with van der Waals surface area (Å²) in [4.78, 5) is 24.1. The lowest BCUT2D eigenvalue weighted by Gasteiger charge is -2.32. The summed E-state index contributed by atoms with van der Waals surface area (Å²) in [6.07, 6.45) is 7.88. The number of piperidine rings is 1. The minimum absolute atomic E-state index is 0.122. The van der Waals surface area contributed by atoms with Gasteiger partial charge >= 0.3 is 0 Å². The van der Waals surface area contributed by atoms with Crippen molar-refractivity contribution in [2.24, 2.45) is 0 Å². The molecule has 1 aliphatic rings. The first kappa shape index (κ1) is 20.9. The molecular formula is C23H28N4O2S. The van der Waals surface area contributed by atoms with E-state index in [2.05, 4.69) is 27.1 Å². The fourth-order valence-corrected chi connectivity index (χ4v) is 4.69. The summed E-state index contributed by atoms with van der Waals surface area (Å²) in [6, 6.07) is 9.80. The Morgan fingerprint density at radius 1 is 1.20 bits per heavy atom. The molecular weight excluding hydrogens is 396 g/mol. The van der Waals surface area contributed by atoms with Gasteiger partial charge in [0.25, 0.3) is 5.91 Å². The van der Waals surface area contributed by atoms with Crippen LogP contribution in [-0.4, -0.2) is 46.5 Å². The Morgan fingerprint density at radius 3 is 2.73 bits per heavy atom. The van der Waals surface area contributed by atoms with Gasteiger partial charge in [-0.15, -0.1) is 0 Å². The summed E-state index contributed by atoms with van der Waals surface area (Å²) < 4.78 is 5.99. The molecule has 4 rings (SSSR count). The number of likely N-dealkylation sites (tertiary alicyclic amines) is 1. The monoisotopic (exact) mass is 424 g/mol. The Morgan fingerprint density at radius 2 is 1.97 bits per heavy atom. The van der Waals surface area contributed by atoms with Gasteiger partial charge in [-0.2, -0.15) is 0 Å². The van der Waals surface area contributed by atoms with Crippen LogP contribution in [0.15, 0.2) is 52.3 Å². The number of carbonyl (C=O) groups is 1. The van der Waals surface area contributed by atoms with Crippen LogP contribution in [0.2, 0.25) is 0 Å². The summed E-state index contributed by atoms with van der Waals surface area (Å²) in [5.74, 6) is 0.870. The van der Waals surface area contributed by atoms with Crippen LogP contribution < -0.4 is 5.32 Å². The van der Waals surface area contributed by atoms with Crippen LogP contribution in [0.1, 0.15) is 48.7 Å². The number of unbranched alkanes of at least 4 members (excludes halogenated alkanes) is 1. The van der Waals surface area contributed by atoms with Crippen LogP contribution in [0.25, 0.3) is 11.0 Å². The number of carbonyl (C=O) groups excluding carboxylic acids is 1. The SMILES string of the molecule is CCCCN1CCC(NC(=O)c2oc3ccccc3c2CSc2ncccn2)CC1. The molecule has 1 N–H and O–H groups in total. The Labute approximate surface area is 181 Å². The minimum atomic E-state index is -0.122. The first-order valence-electron chi connectivity index (χ1n) is 10.7. The number of fused-ring (bicyclic) bond motifs is 1. The van der Waals surface area contributed by atoms with Gasteiger partial charge in [0.1, 0.15) is 5.58 Å². The number of rotatable bonds is 8. The van der Waals surface area contributed by atoms with E-state index in [0.29, 0.717) is 16.7 Å². The largest absolute Gasteiger partial charge is 0.451 e. The second kappa shape index (κ2) is 10.1. The van der Waals surface area contributed by atoms with Gasteiger partial charge in [0.2, 0.25) is 0 Å². The van der Waals surface area contributed by atoms with E-state index in [1.165, 1.54) is 24.6 Å². The number of furan rings is 1. The lowest BCUT2D eigenvalue weighted by Crippen LogP contribution is -2.44. The lowest BCUT2D eigenvalue weighted by atomic mass is 10.0. The number of aromatic nitrogens is 2. The van der Waals surface area contributed by atoms with E-state index in [0.717, 1.165) is 49.0 Å². The van der Waals surface area contributed by atoms with Gasteiger partial charge in [-0.1, -0.05) is 43.3 Å². The number of thioether (sulfide) groups is 1. The van der Waals surface area contributed by atoms with Crippen LogP contribution >= 0.6 is 11.8 Å². The minimum Gasteiger partial charge on any atom is -0.451 e. The Bertz CT molecular complexity index is 968. The van der Waals surface area contributed by atoms with Gasteiger partial charge in [0.15, 0.2) is 10.9 Å². The molecule has 3 heterocycles. The van der Waals surface area contributed by atoms with Crippen LogP contribution in [0.4, 0.5) is 0 Å². The molecule has 0 aliphatic carbocycles. The molecule has 0 spiro atoms. The predicted molar refractivity (Wildman–Crippen MR) is 120 cm³/mol. The molecule has 1 aromatic carbocycles. The quantitative estimate of drug-likeness (QED) is 0.424. The fraction of sp³-hybridized carbons (Fsp3) is 0.435. The molecule has 0 bridgehead atoms. The van der Waals surface area contributed by atoms with Crippen LogP contribution in [0, 0.1) is 0 Å². The smallest absolute Gasteiger partial charge is 0.287 e. The van der Waals surface area contributed by atoms with Crippen LogP contribution in [0.5, 0.6) is 0 Å². The molecule has 158 valence electrons. The zero-order valence-corrected chi connectivity index (χ0v) is 18.2. The topological polar surface area (TPSA) is 71.3 Å². The standard InChI is InChI=1S/C23H28N4O2S/c1-2-3-13-27-14-9-17(10-15-27)26-22(28)21-19(16-30-23-24-11-6-12-25-23)18-7-4-5-8-20(18)29-21/h4-8,11-12,17H,2-3,9-10,13-16H2,1H3,(H,26,28). The molecule has 6 nitrogen and oxygen atoms in total. The fourth-order valence-electron chi connectivity index (χ4n) is 3.86. The van der Waals surface area contributed by atoms with E-state index in [4.69, 9.17) is 4.42 Å². The average molecular weight is 425 g/mol. The number of para-hydroxylation sites is 1. The van der Waals surface area contributed by atoms with E-state index in [1.54, 1.807) is 18.5 Å². The van der Waals surface area contributed by atoms with Gasteiger partial charge in [-0.3, -0.25) is 4.79 Å². The molecule has 1 amide bonds. The molecule has 1 aliphatic heterocycles. The summed E-state index contributed by atoms with van der Waals surface area (Å²) in [7, 11) is 0. The maximum absolute atomic E-state index is 13.1. The molecule has 7 heteroatoms. The van der Waals surface area contributed by atoms with Crippen molar-refractivity contribution in [1.82, 2.24) is 20.2 Å². The second-order valence-corrected chi connectivity index (χ2v) is 8.61. The average Bonchev–Trinajstić information content (AvgIpc) is 3.17. The first-order chi connectivity index (χ1) is 14.7. The normalized spacial score (nSPS) is 15.5. The Kier molecular flexibility index (Phi) is 7.02. The molecule has 3 aromatic rings. The molecule has 1 fully saturated rings.